The van der Waals surface area contributed by atoms with Crippen LogP contribution in [0.4, 0.5) is 5.69 Å². The van der Waals surface area contributed by atoms with Gasteiger partial charge in [-0.2, -0.15) is 0 Å². The third kappa shape index (κ3) is 3.47. The number of aryl methyl sites for hydroxylation is 1. The SMILES string of the molecule is Cc1ccc(NCC(C)N2CCCC2)c(C(=O)O)c1. The average Bonchev–Trinajstić information content (AvgIpc) is 2.90. The van der Waals surface area contributed by atoms with E-state index in [2.05, 4.69) is 17.1 Å². The number of anilines is 1. The minimum Gasteiger partial charge on any atom is -0.478 e. The summed E-state index contributed by atoms with van der Waals surface area (Å²) >= 11 is 0. The van der Waals surface area contributed by atoms with E-state index in [0.29, 0.717) is 17.3 Å². The number of carboxylic acids is 1. The number of carbonyl (C=O) groups is 1. The molecule has 104 valence electrons. The van der Waals surface area contributed by atoms with E-state index in [1.165, 1.54) is 12.8 Å². The Balaban J connectivity index is 2.00. The van der Waals surface area contributed by atoms with Crippen LogP contribution in [0.3, 0.4) is 0 Å². The Labute approximate surface area is 114 Å². The van der Waals surface area contributed by atoms with Crippen LogP contribution >= 0.6 is 0 Å². The predicted molar refractivity (Wildman–Crippen MR) is 76.9 cm³/mol. The molecular formula is C15H22N2O2. The van der Waals surface area contributed by atoms with Gasteiger partial charge in [0.2, 0.25) is 0 Å². The monoisotopic (exact) mass is 262 g/mol. The zero-order valence-corrected chi connectivity index (χ0v) is 11.6. The van der Waals surface area contributed by atoms with Crippen molar-refractivity contribution in [1.29, 1.82) is 0 Å². The van der Waals surface area contributed by atoms with Crippen LogP contribution in [0.2, 0.25) is 0 Å². The van der Waals surface area contributed by atoms with Crippen LogP contribution in [-0.4, -0.2) is 41.7 Å². The van der Waals surface area contributed by atoms with E-state index >= 15 is 0 Å². The molecule has 1 aliphatic heterocycles. The Hall–Kier alpha value is -1.55. The Morgan fingerprint density at radius 2 is 2.11 bits per heavy atom. The molecule has 0 bridgehead atoms. The number of hydrogen-bond acceptors (Lipinski definition) is 3. The first-order chi connectivity index (χ1) is 9.08. The van der Waals surface area contributed by atoms with Crippen molar-refractivity contribution < 1.29 is 9.90 Å². The molecule has 1 fully saturated rings. The maximum Gasteiger partial charge on any atom is 0.337 e. The van der Waals surface area contributed by atoms with E-state index < -0.39 is 5.97 Å². The highest BCUT2D eigenvalue weighted by Crippen LogP contribution is 2.18. The lowest BCUT2D eigenvalue weighted by Gasteiger charge is -2.24. The zero-order valence-electron chi connectivity index (χ0n) is 11.6. The molecule has 1 aromatic carbocycles. The van der Waals surface area contributed by atoms with Crippen LogP contribution in [0.25, 0.3) is 0 Å². The first-order valence-corrected chi connectivity index (χ1v) is 6.90. The molecule has 4 nitrogen and oxygen atoms in total. The van der Waals surface area contributed by atoms with Crippen LogP contribution in [0, 0.1) is 6.92 Å². The topological polar surface area (TPSA) is 52.6 Å². The Morgan fingerprint density at radius 1 is 1.42 bits per heavy atom. The highest BCUT2D eigenvalue weighted by molar-refractivity contribution is 5.94. The summed E-state index contributed by atoms with van der Waals surface area (Å²) in [6.07, 6.45) is 2.55. The average molecular weight is 262 g/mol. The lowest BCUT2D eigenvalue weighted by molar-refractivity contribution is 0.0697. The Kier molecular flexibility index (Phi) is 4.43. The summed E-state index contributed by atoms with van der Waals surface area (Å²) in [5.41, 5.74) is 2.04. The first-order valence-electron chi connectivity index (χ1n) is 6.90. The summed E-state index contributed by atoms with van der Waals surface area (Å²) in [7, 11) is 0. The summed E-state index contributed by atoms with van der Waals surface area (Å²) < 4.78 is 0. The van der Waals surface area contributed by atoms with Crippen molar-refractivity contribution in [3.05, 3.63) is 29.3 Å². The Bertz CT molecular complexity index is 453. The summed E-state index contributed by atoms with van der Waals surface area (Å²) in [5.74, 6) is -0.875. The van der Waals surface area contributed by atoms with E-state index in [0.717, 1.165) is 25.2 Å². The third-order valence-corrected chi connectivity index (χ3v) is 3.76. The van der Waals surface area contributed by atoms with E-state index in [4.69, 9.17) is 0 Å². The molecule has 4 heteroatoms. The number of hydrogen-bond donors (Lipinski definition) is 2. The molecule has 1 atom stereocenters. The number of nitrogens with one attached hydrogen (secondary N) is 1. The molecule has 1 aliphatic rings. The standard InChI is InChI=1S/C15H22N2O2/c1-11-5-6-14(13(9-11)15(18)19)16-10-12(2)17-7-3-4-8-17/h5-6,9,12,16H,3-4,7-8,10H2,1-2H3,(H,18,19). The highest BCUT2D eigenvalue weighted by Gasteiger charge is 2.18. The van der Waals surface area contributed by atoms with Crippen molar-refractivity contribution in [2.45, 2.75) is 32.7 Å². The fraction of sp³-hybridized carbons (Fsp3) is 0.533. The summed E-state index contributed by atoms with van der Waals surface area (Å²) in [6, 6.07) is 5.95. The minimum absolute atomic E-state index is 0.355. The second kappa shape index (κ2) is 6.06. The van der Waals surface area contributed by atoms with Gasteiger partial charge in [0.05, 0.1) is 5.56 Å². The molecule has 19 heavy (non-hydrogen) atoms. The minimum atomic E-state index is -0.875. The molecule has 1 aromatic rings. The molecule has 0 amide bonds. The van der Waals surface area contributed by atoms with Gasteiger partial charge in [-0.1, -0.05) is 11.6 Å². The maximum atomic E-state index is 11.2. The van der Waals surface area contributed by atoms with Gasteiger partial charge in [-0.15, -0.1) is 0 Å². The van der Waals surface area contributed by atoms with Crippen LogP contribution < -0.4 is 5.32 Å². The molecule has 0 saturated carbocycles. The van der Waals surface area contributed by atoms with Crippen LogP contribution in [0.1, 0.15) is 35.7 Å². The summed E-state index contributed by atoms with van der Waals surface area (Å²) in [4.78, 5) is 13.7. The number of likely N-dealkylation sites (tertiary alicyclic amines) is 1. The van der Waals surface area contributed by atoms with Gasteiger partial charge in [0.25, 0.3) is 0 Å². The van der Waals surface area contributed by atoms with Crippen molar-refractivity contribution in [1.82, 2.24) is 4.90 Å². The normalized spacial score (nSPS) is 17.4. The van der Waals surface area contributed by atoms with Crippen molar-refractivity contribution >= 4 is 11.7 Å². The molecule has 0 aromatic heterocycles. The van der Waals surface area contributed by atoms with Crippen molar-refractivity contribution in [3.8, 4) is 0 Å². The smallest absolute Gasteiger partial charge is 0.337 e. The van der Waals surface area contributed by atoms with Gasteiger partial charge in [0.1, 0.15) is 0 Å². The second-order valence-corrected chi connectivity index (χ2v) is 5.33. The molecule has 1 unspecified atom stereocenters. The molecule has 1 saturated heterocycles. The van der Waals surface area contributed by atoms with Crippen molar-refractivity contribution in [3.63, 3.8) is 0 Å². The number of nitrogens with zero attached hydrogens (tertiary/aromatic N) is 1. The van der Waals surface area contributed by atoms with Crippen LogP contribution in [0.15, 0.2) is 18.2 Å². The van der Waals surface area contributed by atoms with Gasteiger partial charge in [-0.25, -0.2) is 4.79 Å². The fourth-order valence-electron chi connectivity index (χ4n) is 2.56. The van der Waals surface area contributed by atoms with E-state index in [-0.39, 0.29) is 0 Å². The quantitative estimate of drug-likeness (QED) is 0.856. The van der Waals surface area contributed by atoms with Crippen molar-refractivity contribution in [2.75, 3.05) is 25.0 Å². The van der Waals surface area contributed by atoms with Gasteiger partial charge in [0.15, 0.2) is 0 Å². The number of benzene rings is 1. The van der Waals surface area contributed by atoms with Crippen LogP contribution in [-0.2, 0) is 0 Å². The van der Waals surface area contributed by atoms with E-state index in [9.17, 15) is 9.90 Å². The predicted octanol–water partition coefficient (Wildman–Crippen LogP) is 2.59. The fourth-order valence-corrected chi connectivity index (χ4v) is 2.56. The molecule has 0 radical (unpaired) electrons. The lowest BCUT2D eigenvalue weighted by Crippen LogP contribution is -2.35. The van der Waals surface area contributed by atoms with Gasteiger partial charge >= 0.3 is 5.97 Å². The van der Waals surface area contributed by atoms with Crippen LogP contribution in [0.5, 0.6) is 0 Å². The molecule has 2 rings (SSSR count). The number of rotatable bonds is 5. The van der Waals surface area contributed by atoms with Gasteiger partial charge < -0.3 is 10.4 Å². The van der Waals surface area contributed by atoms with E-state index in [1.54, 1.807) is 6.07 Å². The van der Waals surface area contributed by atoms with E-state index in [1.807, 2.05) is 19.1 Å². The lowest BCUT2D eigenvalue weighted by atomic mass is 10.1. The largest absolute Gasteiger partial charge is 0.478 e. The van der Waals surface area contributed by atoms with Gasteiger partial charge in [0, 0.05) is 18.3 Å². The zero-order chi connectivity index (χ0) is 13.8. The van der Waals surface area contributed by atoms with Gasteiger partial charge in [-0.3, -0.25) is 4.90 Å². The third-order valence-electron chi connectivity index (χ3n) is 3.76. The van der Waals surface area contributed by atoms with Crippen molar-refractivity contribution in [2.24, 2.45) is 0 Å². The molecular weight excluding hydrogens is 240 g/mol. The number of aromatic carboxylic acids is 1. The summed E-state index contributed by atoms with van der Waals surface area (Å²) in [5, 5.41) is 12.5. The summed E-state index contributed by atoms with van der Waals surface area (Å²) in [6.45, 7) is 7.18. The molecule has 0 aliphatic carbocycles. The maximum absolute atomic E-state index is 11.2. The molecule has 1 heterocycles. The van der Waals surface area contributed by atoms with Gasteiger partial charge in [-0.05, 0) is 51.9 Å². The second-order valence-electron chi connectivity index (χ2n) is 5.33. The first kappa shape index (κ1) is 13.9. The number of carboxylic acid groups (broad SMARTS) is 1. The molecule has 0 spiro atoms. The highest BCUT2D eigenvalue weighted by atomic mass is 16.4. The Morgan fingerprint density at radius 3 is 2.74 bits per heavy atom. The molecule has 2 N–H and O–H groups in total.